The van der Waals surface area contributed by atoms with Crippen LogP contribution in [0.4, 0.5) is 4.79 Å². The van der Waals surface area contributed by atoms with Crippen molar-refractivity contribution >= 4 is 34.6 Å². The maximum absolute atomic E-state index is 12.1. The molecule has 0 aliphatic rings. The maximum Gasteiger partial charge on any atom is 0.407 e. The zero-order valence-corrected chi connectivity index (χ0v) is 22.3. The van der Waals surface area contributed by atoms with Gasteiger partial charge in [0.15, 0.2) is 0 Å². The van der Waals surface area contributed by atoms with E-state index in [4.69, 9.17) is 25.5 Å². The lowest BCUT2D eigenvalue weighted by Crippen LogP contribution is -2.32. The molecule has 0 fully saturated rings. The summed E-state index contributed by atoms with van der Waals surface area (Å²) in [7, 11) is 0. The molecule has 1 heterocycles. The predicted molar refractivity (Wildman–Crippen MR) is 146 cm³/mol. The minimum atomic E-state index is -0.919. The molecule has 2 N–H and O–H groups in total. The van der Waals surface area contributed by atoms with Gasteiger partial charge in [0.05, 0.1) is 12.3 Å². The first-order valence-electron chi connectivity index (χ1n) is 12.2. The van der Waals surface area contributed by atoms with E-state index in [0.717, 1.165) is 27.6 Å². The second kappa shape index (κ2) is 11.6. The number of fused-ring (bicyclic) bond motifs is 1. The number of hydrogen-bond acceptors (Lipinski definition) is 5. The number of carbonyl (C=O) groups excluding carboxylic acids is 1. The summed E-state index contributed by atoms with van der Waals surface area (Å²) < 4.78 is 17.4. The number of rotatable bonds is 9. The van der Waals surface area contributed by atoms with Crippen LogP contribution in [0.3, 0.4) is 0 Å². The number of hydrogen-bond donors (Lipinski definition) is 2. The number of nitrogens with one attached hydrogen (secondary N) is 1. The van der Waals surface area contributed by atoms with E-state index in [9.17, 15) is 14.7 Å². The van der Waals surface area contributed by atoms with E-state index >= 15 is 0 Å². The topological polar surface area (TPSA) is 98.0 Å². The summed E-state index contributed by atoms with van der Waals surface area (Å²) in [5.41, 5.74) is 4.28. The molecule has 0 radical (unpaired) electrons. The van der Waals surface area contributed by atoms with Gasteiger partial charge in [-0.05, 0) is 67.8 Å². The van der Waals surface area contributed by atoms with Gasteiger partial charge in [-0.2, -0.15) is 0 Å². The lowest BCUT2D eigenvalue weighted by atomic mass is 9.99. The quantitative estimate of drug-likeness (QED) is 0.222. The summed E-state index contributed by atoms with van der Waals surface area (Å²) in [4.78, 5) is 23.3. The zero-order chi connectivity index (χ0) is 27.3. The molecule has 0 spiro atoms. The fourth-order valence-corrected chi connectivity index (χ4v) is 4.22. The molecule has 0 atom stereocenters. The van der Waals surface area contributed by atoms with Crippen LogP contribution in [0.25, 0.3) is 22.1 Å². The van der Waals surface area contributed by atoms with Crippen LogP contribution in [-0.2, 0) is 35.0 Å². The average Bonchev–Trinajstić information content (AvgIpc) is 3.29. The number of para-hydroxylation sites is 1. The number of halogens is 1. The Kier molecular flexibility index (Phi) is 8.27. The molecule has 38 heavy (non-hydrogen) atoms. The highest BCUT2D eigenvalue weighted by atomic mass is 35.5. The Morgan fingerprint density at radius 1 is 1.00 bits per heavy atom. The molecule has 4 aromatic rings. The molecular weight excluding hydrogens is 506 g/mol. The normalized spacial score (nSPS) is 11.4. The number of carboxylic acids is 1. The first kappa shape index (κ1) is 27.1. The van der Waals surface area contributed by atoms with Crippen molar-refractivity contribution in [3.05, 3.63) is 89.2 Å². The van der Waals surface area contributed by atoms with Gasteiger partial charge in [0.25, 0.3) is 0 Å². The number of aliphatic carboxylic acids is 1. The summed E-state index contributed by atoms with van der Waals surface area (Å²) in [5, 5.41) is 12.9. The van der Waals surface area contributed by atoms with Gasteiger partial charge in [-0.15, -0.1) is 11.6 Å². The second-order valence-corrected chi connectivity index (χ2v) is 10.2. The van der Waals surface area contributed by atoms with Crippen LogP contribution in [0, 0.1) is 0 Å². The van der Waals surface area contributed by atoms with Crippen LogP contribution >= 0.6 is 11.6 Å². The van der Waals surface area contributed by atoms with E-state index in [1.54, 1.807) is 18.2 Å². The highest BCUT2D eigenvalue weighted by molar-refractivity contribution is 6.17. The van der Waals surface area contributed by atoms with Crippen LogP contribution in [0.5, 0.6) is 5.75 Å². The van der Waals surface area contributed by atoms with Gasteiger partial charge >= 0.3 is 12.1 Å². The van der Waals surface area contributed by atoms with Crippen LogP contribution in [0.1, 0.15) is 43.2 Å². The van der Waals surface area contributed by atoms with Gasteiger partial charge < -0.3 is 24.3 Å². The fourth-order valence-electron chi connectivity index (χ4n) is 4.08. The van der Waals surface area contributed by atoms with Crippen molar-refractivity contribution in [3.63, 3.8) is 0 Å². The number of amides is 1. The Balaban J connectivity index is 1.62. The number of alkyl carbamates (subject to hydrolysis) is 1. The Bertz CT molecular complexity index is 1450. The van der Waals surface area contributed by atoms with Crippen molar-refractivity contribution in [2.75, 3.05) is 0 Å². The molecule has 0 bridgehead atoms. The van der Waals surface area contributed by atoms with Crippen molar-refractivity contribution < 1.29 is 28.6 Å². The van der Waals surface area contributed by atoms with Crippen molar-refractivity contribution in [1.82, 2.24) is 5.32 Å². The molecule has 8 heteroatoms. The third-order valence-corrected chi connectivity index (χ3v) is 5.90. The number of alkyl halides is 1. The Hall–Kier alpha value is -3.97. The summed E-state index contributed by atoms with van der Waals surface area (Å²) in [6.07, 6.45) is -0.601. The third-order valence-electron chi connectivity index (χ3n) is 5.64. The molecule has 1 amide bonds. The first-order valence-corrected chi connectivity index (χ1v) is 12.7. The summed E-state index contributed by atoms with van der Waals surface area (Å²) in [6.45, 7) is 6.00. The molecule has 0 unspecified atom stereocenters. The first-order chi connectivity index (χ1) is 18.1. The van der Waals surface area contributed by atoms with Crippen LogP contribution < -0.4 is 10.1 Å². The van der Waals surface area contributed by atoms with Gasteiger partial charge in [-0.3, -0.25) is 4.79 Å². The number of ether oxygens (including phenoxy) is 2. The minimum absolute atomic E-state index is 0.120. The van der Waals surface area contributed by atoms with Crippen LogP contribution in [0.15, 0.2) is 71.1 Å². The van der Waals surface area contributed by atoms with Crippen LogP contribution in [-0.4, -0.2) is 22.8 Å². The highest BCUT2D eigenvalue weighted by Crippen LogP contribution is 2.34. The van der Waals surface area contributed by atoms with Gasteiger partial charge in [0.2, 0.25) is 0 Å². The van der Waals surface area contributed by atoms with Crippen molar-refractivity contribution in [2.45, 2.75) is 51.8 Å². The largest absolute Gasteiger partial charge is 0.489 e. The van der Waals surface area contributed by atoms with Crippen LogP contribution in [0.2, 0.25) is 0 Å². The Morgan fingerprint density at radius 3 is 2.53 bits per heavy atom. The van der Waals surface area contributed by atoms with Crippen molar-refractivity contribution in [1.29, 1.82) is 0 Å². The zero-order valence-electron chi connectivity index (χ0n) is 21.5. The van der Waals surface area contributed by atoms with Crippen molar-refractivity contribution in [2.24, 2.45) is 0 Å². The lowest BCUT2D eigenvalue weighted by Gasteiger charge is -2.19. The average molecular weight is 536 g/mol. The molecule has 1 aromatic heterocycles. The molecular formula is C30H30ClNO6. The standard InChI is InChI=1S/C30H30ClNO6/c1-30(2,3)38-29(35)32-17-19-7-6-9-21(11-19)25-13-20(12-23-14-24(16-31)37-28(23)25)18-36-26-10-5-4-8-22(26)15-27(33)34/h4-14H,15-18H2,1-3H3,(H,32,35)(H,33,34). The van der Waals surface area contributed by atoms with Gasteiger partial charge in [0, 0.05) is 23.1 Å². The molecule has 7 nitrogen and oxygen atoms in total. The van der Waals surface area contributed by atoms with E-state index in [0.29, 0.717) is 29.2 Å². The third kappa shape index (κ3) is 7.07. The number of carboxylic acid groups (broad SMARTS) is 1. The van der Waals surface area contributed by atoms with E-state index in [2.05, 4.69) is 5.32 Å². The monoisotopic (exact) mass is 535 g/mol. The van der Waals surface area contributed by atoms with E-state index in [-0.39, 0.29) is 18.9 Å². The smallest absolute Gasteiger partial charge is 0.407 e. The fraction of sp³-hybridized carbons (Fsp3) is 0.267. The predicted octanol–water partition coefficient (Wildman–Crippen LogP) is 7.07. The Morgan fingerprint density at radius 2 is 1.79 bits per heavy atom. The highest BCUT2D eigenvalue weighted by Gasteiger charge is 2.17. The number of furan rings is 1. The van der Waals surface area contributed by atoms with E-state index in [1.807, 2.05) is 69.3 Å². The van der Waals surface area contributed by atoms with Gasteiger partial charge in [-0.1, -0.05) is 36.4 Å². The van der Waals surface area contributed by atoms with Gasteiger partial charge in [0.1, 0.15) is 29.3 Å². The number of benzene rings is 3. The Labute approximate surface area is 226 Å². The molecule has 0 saturated heterocycles. The lowest BCUT2D eigenvalue weighted by molar-refractivity contribution is -0.136. The van der Waals surface area contributed by atoms with Crippen molar-refractivity contribution in [3.8, 4) is 16.9 Å². The van der Waals surface area contributed by atoms with Gasteiger partial charge in [-0.25, -0.2) is 4.79 Å². The molecule has 3 aromatic carbocycles. The van der Waals surface area contributed by atoms with E-state index < -0.39 is 17.7 Å². The summed E-state index contributed by atoms with van der Waals surface area (Å²) >= 11 is 6.06. The molecule has 198 valence electrons. The molecule has 4 rings (SSSR count). The molecule has 0 aliphatic carbocycles. The molecule has 0 saturated carbocycles. The molecule has 0 aliphatic heterocycles. The maximum atomic E-state index is 12.1. The summed E-state index contributed by atoms with van der Waals surface area (Å²) in [5.74, 6) is 0.497. The minimum Gasteiger partial charge on any atom is -0.489 e. The SMILES string of the molecule is CC(C)(C)OC(=O)NCc1cccc(-c2cc(COc3ccccc3CC(=O)O)cc3cc(CCl)oc23)c1. The van der Waals surface area contributed by atoms with E-state index in [1.165, 1.54) is 0 Å². The summed E-state index contributed by atoms with van der Waals surface area (Å²) in [6, 6.07) is 20.8. The number of carbonyl (C=O) groups is 2. The second-order valence-electron chi connectivity index (χ2n) is 9.93.